The fourth-order valence-electron chi connectivity index (χ4n) is 4.39. The Morgan fingerprint density at radius 3 is 2.44 bits per heavy atom. The number of rotatable bonds is 12. The van der Waals surface area contributed by atoms with E-state index in [2.05, 4.69) is 16.4 Å². The first-order chi connectivity index (χ1) is 16.5. The number of benzene rings is 2. The SMILES string of the molecule is CCN(CC)C(=O)CCCC(=O)NCC(c1cccc(OC)c1OC)c1c[nH]c2ccccc12. The van der Waals surface area contributed by atoms with Crippen LogP contribution in [0.15, 0.2) is 48.7 Å². The molecule has 1 heterocycles. The molecule has 0 bridgehead atoms. The molecule has 0 saturated heterocycles. The van der Waals surface area contributed by atoms with Gasteiger partial charge >= 0.3 is 0 Å². The van der Waals surface area contributed by atoms with Gasteiger partial charge in [0.1, 0.15) is 0 Å². The van der Waals surface area contributed by atoms with Crippen molar-refractivity contribution < 1.29 is 19.1 Å². The molecule has 3 rings (SSSR count). The summed E-state index contributed by atoms with van der Waals surface area (Å²) in [6, 6.07) is 13.9. The number of nitrogens with zero attached hydrogens (tertiary/aromatic N) is 1. The number of amides is 2. The van der Waals surface area contributed by atoms with Crippen molar-refractivity contribution in [1.29, 1.82) is 0 Å². The van der Waals surface area contributed by atoms with Crippen molar-refractivity contribution in [2.24, 2.45) is 0 Å². The Labute approximate surface area is 201 Å². The van der Waals surface area contributed by atoms with E-state index in [0.717, 1.165) is 22.0 Å². The minimum Gasteiger partial charge on any atom is -0.493 e. The maximum atomic E-state index is 12.7. The summed E-state index contributed by atoms with van der Waals surface area (Å²) in [6.07, 6.45) is 3.21. The lowest BCUT2D eigenvalue weighted by atomic mass is 9.89. The van der Waals surface area contributed by atoms with Crippen molar-refractivity contribution in [2.45, 2.75) is 39.0 Å². The molecule has 0 fully saturated rings. The van der Waals surface area contributed by atoms with Crippen LogP contribution in [0.1, 0.15) is 50.2 Å². The standard InChI is InChI=1S/C27H35N3O4/c1-5-30(6-2)26(32)16-10-15-25(31)29-18-22(20-12-9-14-24(33-3)27(20)34-4)21-17-28-23-13-8-7-11-19(21)23/h7-9,11-14,17,22,28H,5-6,10,15-16,18H2,1-4H3,(H,29,31). The number of aromatic nitrogens is 1. The smallest absolute Gasteiger partial charge is 0.222 e. The van der Waals surface area contributed by atoms with Crippen LogP contribution in [0.25, 0.3) is 10.9 Å². The van der Waals surface area contributed by atoms with E-state index >= 15 is 0 Å². The third kappa shape index (κ3) is 5.71. The molecular formula is C27H35N3O4. The fourth-order valence-corrected chi connectivity index (χ4v) is 4.39. The molecule has 0 saturated carbocycles. The van der Waals surface area contributed by atoms with Gasteiger partial charge in [-0.1, -0.05) is 30.3 Å². The highest BCUT2D eigenvalue weighted by molar-refractivity contribution is 5.85. The molecule has 2 amide bonds. The van der Waals surface area contributed by atoms with Gasteiger partial charge in [0, 0.05) is 61.1 Å². The van der Waals surface area contributed by atoms with Gasteiger partial charge in [0.05, 0.1) is 14.2 Å². The van der Waals surface area contributed by atoms with Crippen molar-refractivity contribution in [2.75, 3.05) is 33.9 Å². The summed E-state index contributed by atoms with van der Waals surface area (Å²) in [5.74, 6) is 1.17. The Bertz CT molecular complexity index is 1100. The molecule has 0 spiro atoms. The number of ether oxygens (including phenoxy) is 2. The predicted octanol–water partition coefficient (Wildman–Crippen LogP) is 4.47. The minimum atomic E-state index is -0.151. The summed E-state index contributed by atoms with van der Waals surface area (Å²) in [7, 11) is 3.24. The third-order valence-electron chi connectivity index (χ3n) is 6.22. The summed E-state index contributed by atoms with van der Waals surface area (Å²) in [5.41, 5.74) is 3.04. The van der Waals surface area contributed by atoms with Gasteiger partial charge in [0.25, 0.3) is 0 Å². The van der Waals surface area contributed by atoms with E-state index in [-0.39, 0.29) is 17.7 Å². The molecule has 7 heteroatoms. The molecule has 34 heavy (non-hydrogen) atoms. The number of hydrogen-bond acceptors (Lipinski definition) is 4. The van der Waals surface area contributed by atoms with Gasteiger partial charge in [0.15, 0.2) is 11.5 Å². The van der Waals surface area contributed by atoms with E-state index in [9.17, 15) is 9.59 Å². The molecular weight excluding hydrogens is 430 g/mol. The lowest BCUT2D eigenvalue weighted by Crippen LogP contribution is -2.31. The lowest BCUT2D eigenvalue weighted by Gasteiger charge is -2.22. The van der Waals surface area contributed by atoms with E-state index in [1.807, 2.05) is 56.4 Å². The molecule has 0 aliphatic carbocycles. The number of para-hydroxylation sites is 2. The minimum absolute atomic E-state index is 0.0703. The lowest BCUT2D eigenvalue weighted by molar-refractivity contribution is -0.131. The van der Waals surface area contributed by atoms with Crippen LogP contribution in [-0.4, -0.2) is 55.6 Å². The number of fused-ring (bicyclic) bond motifs is 1. The molecule has 0 radical (unpaired) electrons. The van der Waals surface area contributed by atoms with Gasteiger partial charge in [-0.05, 0) is 38.0 Å². The average molecular weight is 466 g/mol. The van der Waals surface area contributed by atoms with Gasteiger partial charge in [-0.15, -0.1) is 0 Å². The van der Waals surface area contributed by atoms with Crippen molar-refractivity contribution in [3.63, 3.8) is 0 Å². The molecule has 1 aromatic heterocycles. The van der Waals surface area contributed by atoms with Gasteiger partial charge < -0.3 is 24.7 Å². The van der Waals surface area contributed by atoms with E-state index in [1.165, 1.54) is 0 Å². The summed E-state index contributed by atoms with van der Waals surface area (Å²) >= 11 is 0. The number of methoxy groups -OCH3 is 2. The molecule has 2 N–H and O–H groups in total. The number of carbonyl (C=O) groups excluding carboxylic acids is 2. The Morgan fingerprint density at radius 1 is 0.971 bits per heavy atom. The zero-order chi connectivity index (χ0) is 24.5. The van der Waals surface area contributed by atoms with Crippen molar-refractivity contribution in [1.82, 2.24) is 15.2 Å². The Balaban J connectivity index is 1.78. The first-order valence-electron chi connectivity index (χ1n) is 11.8. The maximum Gasteiger partial charge on any atom is 0.222 e. The van der Waals surface area contributed by atoms with Crippen LogP contribution < -0.4 is 14.8 Å². The summed E-state index contributed by atoms with van der Waals surface area (Å²) in [5, 5.41) is 4.17. The normalized spacial score (nSPS) is 11.8. The summed E-state index contributed by atoms with van der Waals surface area (Å²) in [6.45, 7) is 5.71. The second-order valence-electron chi connectivity index (χ2n) is 8.15. The molecule has 7 nitrogen and oxygen atoms in total. The molecule has 2 aromatic carbocycles. The Hall–Kier alpha value is -3.48. The number of carbonyl (C=O) groups is 2. The quantitative estimate of drug-likeness (QED) is 0.413. The molecule has 3 aromatic rings. The van der Waals surface area contributed by atoms with E-state index < -0.39 is 0 Å². The zero-order valence-corrected chi connectivity index (χ0v) is 20.5. The number of H-pyrrole nitrogens is 1. The van der Waals surface area contributed by atoms with Crippen LogP contribution in [0.3, 0.4) is 0 Å². The molecule has 0 aliphatic rings. The monoisotopic (exact) mass is 465 g/mol. The molecule has 182 valence electrons. The van der Waals surface area contributed by atoms with Gasteiger partial charge in [0.2, 0.25) is 11.8 Å². The first kappa shape index (κ1) is 25.1. The van der Waals surface area contributed by atoms with Crippen LogP contribution in [-0.2, 0) is 9.59 Å². The van der Waals surface area contributed by atoms with E-state index in [1.54, 1.807) is 19.1 Å². The third-order valence-corrected chi connectivity index (χ3v) is 6.22. The second kappa shape index (κ2) is 12.1. The highest BCUT2D eigenvalue weighted by atomic mass is 16.5. The van der Waals surface area contributed by atoms with Gasteiger partial charge in [-0.2, -0.15) is 0 Å². The van der Waals surface area contributed by atoms with Crippen LogP contribution in [0.4, 0.5) is 0 Å². The summed E-state index contributed by atoms with van der Waals surface area (Å²) in [4.78, 5) is 30.0. The highest BCUT2D eigenvalue weighted by Crippen LogP contribution is 2.40. The fraction of sp³-hybridized carbons (Fsp3) is 0.407. The zero-order valence-electron chi connectivity index (χ0n) is 20.5. The topological polar surface area (TPSA) is 83.7 Å². The first-order valence-corrected chi connectivity index (χ1v) is 11.8. The van der Waals surface area contributed by atoms with E-state index in [4.69, 9.17) is 9.47 Å². The average Bonchev–Trinajstić information content (AvgIpc) is 3.28. The number of hydrogen-bond donors (Lipinski definition) is 2. The Morgan fingerprint density at radius 2 is 1.74 bits per heavy atom. The molecule has 1 unspecified atom stereocenters. The Kier molecular flexibility index (Phi) is 8.96. The van der Waals surface area contributed by atoms with E-state index in [0.29, 0.717) is 50.4 Å². The van der Waals surface area contributed by atoms with Crippen LogP contribution >= 0.6 is 0 Å². The van der Waals surface area contributed by atoms with Crippen molar-refractivity contribution in [3.05, 3.63) is 59.8 Å². The van der Waals surface area contributed by atoms with Crippen LogP contribution in [0.2, 0.25) is 0 Å². The predicted molar refractivity (Wildman–Crippen MR) is 134 cm³/mol. The van der Waals surface area contributed by atoms with Gasteiger partial charge in [-0.25, -0.2) is 0 Å². The van der Waals surface area contributed by atoms with Crippen molar-refractivity contribution >= 4 is 22.7 Å². The van der Waals surface area contributed by atoms with Gasteiger partial charge in [-0.3, -0.25) is 9.59 Å². The number of aromatic amines is 1. The van der Waals surface area contributed by atoms with Crippen LogP contribution in [0.5, 0.6) is 11.5 Å². The van der Waals surface area contributed by atoms with Crippen molar-refractivity contribution in [3.8, 4) is 11.5 Å². The maximum absolute atomic E-state index is 12.7. The van der Waals surface area contributed by atoms with Crippen LogP contribution in [0, 0.1) is 0 Å². The largest absolute Gasteiger partial charge is 0.493 e. The second-order valence-corrected chi connectivity index (χ2v) is 8.15. The highest BCUT2D eigenvalue weighted by Gasteiger charge is 2.24. The molecule has 0 aliphatic heterocycles. The summed E-state index contributed by atoms with van der Waals surface area (Å²) < 4.78 is 11.2. The number of nitrogens with one attached hydrogen (secondary N) is 2. The molecule has 1 atom stereocenters.